The third kappa shape index (κ3) is 2.12. The molecule has 0 radical (unpaired) electrons. The van der Waals surface area contributed by atoms with Gasteiger partial charge in [-0.15, -0.1) is 0 Å². The fraction of sp³-hybridized carbons (Fsp3) is 0.300. The summed E-state index contributed by atoms with van der Waals surface area (Å²) in [6.45, 7) is 1.77. The minimum Gasteiger partial charge on any atom is -0.505 e. The molecule has 0 saturated heterocycles. The van der Waals surface area contributed by atoms with Crippen LogP contribution in [0.2, 0.25) is 0 Å². The SMILES string of the molecule is Cc1c(Br)cc(F)c(O)c1CCC=O. The largest absolute Gasteiger partial charge is 0.505 e. The number of carbonyl (C=O) groups is 1. The quantitative estimate of drug-likeness (QED) is 0.849. The van der Waals surface area contributed by atoms with Crippen LogP contribution >= 0.6 is 15.9 Å². The van der Waals surface area contributed by atoms with Crippen LogP contribution in [-0.4, -0.2) is 11.4 Å². The maximum atomic E-state index is 13.1. The van der Waals surface area contributed by atoms with Crippen LogP contribution in [0.15, 0.2) is 10.5 Å². The Balaban J connectivity index is 3.17. The molecule has 0 unspecified atom stereocenters. The van der Waals surface area contributed by atoms with E-state index >= 15 is 0 Å². The van der Waals surface area contributed by atoms with Gasteiger partial charge in [0, 0.05) is 16.5 Å². The summed E-state index contributed by atoms with van der Waals surface area (Å²) in [4.78, 5) is 10.2. The van der Waals surface area contributed by atoms with E-state index in [9.17, 15) is 14.3 Å². The number of benzene rings is 1. The monoisotopic (exact) mass is 260 g/mol. The van der Waals surface area contributed by atoms with Gasteiger partial charge in [-0.2, -0.15) is 0 Å². The minimum atomic E-state index is -0.664. The molecule has 0 aliphatic carbocycles. The molecule has 14 heavy (non-hydrogen) atoms. The summed E-state index contributed by atoms with van der Waals surface area (Å²) in [6, 6.07) is 1.22. The molecule has 0 aliphatic heterocycles. The van der Waals surface area contributed by atoms with Gasteiger partial charge < -0.3 is 9.90 Å². The Morgan fingerprint density at radius 2 is 2.29 bits per heavy atom. The summed E-state index contributed by atoms with van der Waals surface area (Å²) >= 11 is 3.18. The highest BCUT2D eigenvalue weighted by Crippen LogP contribution is 2.31. The summed E-state index contributed by atoms with van der Waals surface area (Å²) in [7, 11) is 0. The van der Waals surface area contributed by atoms with Crippen molar-refractivity contribution in [1.29, 1.82) is 0 Å². The molecule has 0 saturated carbocycles. The van der Waals surface area contributed by atoms with E-state index in [4.69, 9.17) is 0 Å². The first kappa shape index (κ1) is 11.2. The highest BCUT2D eigenvalue weighted by atomic mass is 79.9. The minimum absolute atomic E-state index is 0.282. The molecule has 0 aliphatic rings. The topological polar surface area (TPSA) is 37.3 Å². The van der Waals surface area contributed by atoms with E-state index in [0.29, 0.717) is 16.5 Å². The molecule has 0 aromatic heterocycles. The second-order valence-corrected chi connectivity index (χ2v) is 3.85. The Bertz CT molecular complexity index is 337. The lowest BCUT2D eigenvalue weighted by Gasteiger charge is -2.09. The zero-order chi connectivity index (χ0) is 10.7. The van der Waals surface area contributed by atoms with Gasteiger partial charge in [0.15, 0.2) is 11.6 Å². The Hall–Kier alpha value is -0.900. The van der Waals surface area contributed by atoms with Crippen molar-refractivity contribution in [3.8, 4) is 5.75 Å². The van der Waals surface area contributed by atoms with Gasteiger partial charge in [-0.05, 0) is 25.0 Å². The summed E-state index contributed by atoms with van der Waals surface area (Å²) < 4.78 is 13.7. The van der Waals surface area contributed by atoms with Crippen molar-refractivity contribution in [1.82, 2.24) is 0 Å². The molecule has 0 fully saturated rings. The van der Waals surface area contributed by atoms with E-state index < -0.39 is 5.82 Å². The first-order valence-corrected chi connectivity index (χ1v) is 4.97. The molecular formula is C10H10BrFO2. The normalized spacial score (nSPS) is 10.2. The van der Waals surface area contributed by atoms with Gasteiger partial charge in [0.2, 0.25) is 0 Å². The van der Waals surface area contributed by atoms with Crippen molar-refractivity contribution in [2.75, 3.05) is 0 Å². The standard InChI is InChI=1S/C10H10BrFO2/c1-6-7(3-2-4-13)10(14)9(12)5-8(6)11/h4-5,14H,2-3H2,1H3. The number of carbonyl (C=O) groups excluding carboxylic acids is 1. The number of phenolic OH excluding ortho intramolecular Hbond substituents is 1. The van der Waals surface area contributed by atoms with Gasteiger partial charge in [0.05, 0.1) is 0 Å². The number of halogens is 2. The highest BCUT2D eigenvalue weighted by Gasteiger charge is 2.12. The molecule has 0 heterocycles. The number of hydrogen-bond acceptors (Lipinski definition) is 2. The molecule has 1 aromatic rings. The molecule has 0 amide bonds. The van der Waals surface area contributed by atoms with Crippen LogP contribution in [-0.2, 0) is 11.2 Å². The van der Waals surface area contributed by atoms with Gasteiger partial charge >= 0.3 is 0 Å². The predicted molar refractivity (Wildman–Crippen MR) is 54.9 cm³/mol. The Morgan fingerprint density at radius 3 is 2.86 bits per heavy atom. The van der Waals surface area contributed by atoms with Crippen LogP contribution in [0.4, 0.5) is 4.39 Å². The second-order valence-electron chi connectivity index (χ2n) is 3.00. The Labute approximate surface area is 89.9 Å². The van der Waals surface area contributed by atoms with Gasteiger partial charge in [-0.1, -0.05) is 15.9 Å². The molecule has 0 spiro atoms. The fourth-order valence-electron chi connectivity index (χ4n) is 1.26. The summed E-state index contributed by atoms with van der Waals surface area (Å²) in [6.07, 6.45) is 1.39. The van der Waals surface area contributed by atoms with E-state index in [2.05, 4.69) is 15.9 Å². The zero-order valence-corrected chi connectivity index (χ0v) is 9.27. The lowest BCUT2D eigenvalue weighted by atomic mass is 10.0. The summed E-state index contributed by atoms with van der Waals surface area (Å²) in [5, 5.41) is 9.42. The average Bonchev–Trinajstić information content (AvgIpc) is 2.15. The van der Waals surface area contributed by atoms with Crippen LogP contribution in [0.3, 0.4) is 0 Å². The Kier molecular flexibility index (Phi) is 3.63. The number of rotatable bonds is 3. The van der Waals surface area contributed by atoms with Crippen molar-refractivity contribution in [3.63, 3.8) is 0 Å². The fourth-order valence-corrected chi connectivity index (χ4v) is 1.70. The lowest BCUT2D eigenvalue weighted by molar-refractivity contribution is -0.107. The van der Waals surface area contributed by atoms with Crippen LogP contribution in [0.5, 0.6) is 5.75 Å². The van der Waals surface area contributed by atoms with Crippen LogP contribution in [0, 0.1) is 12.7 Å². The van der Waals surface area contributed by atoms with Gasteiger partial charge in [-0.3, -0.25) is 0 Å². The van der Waals surface area contributed by atoms with Crippen molar-refractivity contribution in [2.45, 2.75) is 19.8 Å². The maximum Gasteiger partial charge on any atom is 0.166 e. The number of aldehydes is 1. The summed E-state index contributed by atoms with van der Waals surface area (Å²) in [5.41, 5.74) is 1.26. The third-order valence-corrected chi connectivity index (χ3v) is 2.91. The van der Waals surface area contributed by atoms with E-state index in [1.165, 1.54) is 6.07 Å². The zero-order valence-electron chi connectivity index (χ0n) is 7.68. The molecule has 4 heteroatoms. The molecule has 1 N–H and O–H groups in total. The molecule has 1 aromatic carbocycles. The predicted octanol–water partition coefficient (Wildman–Crippen LogP) is 2.73. The van der Waals surface area contributed by atoms with Crippen LogP contribution in [0.25, 0.3) is 0 Å². The van der Waals surface area contributed by atoms with Crippen molar-refractivity contribution in [2.24, 2.45) is 0 Å². The van der Waals surface area contributed by atoms with Crippen LogP contribution < -0.4 is 0 Å². The molecule has 0 bridgehead atoms. The van der Waals surface area contributed by atoms with E-state index in [0.717, 1.165) is 11.8 Å². The second kappa shape index (κ2) is 4.55. The van der Waals surface area contributed by atoms with Crippen molar-refractivity contribution >= 4 is 22.2 Å². The highest BCUT2D eigenvalue weighted by molar-refractivity contribution is 9.10. The third-order valence-electron chi connectivity index (χ3n) is 2.09. The van der Waals surface area contributed by atoms with Crippen LogP contribution in [0.1, 0.15) is 17.5 Å². The Morgan fingerprint density at radius 1 is 1.64 bits per heavy atom. The smallest absolute Gasteiger partial charge is 0.166 e. The number of hydrogen-bond donors (Lipinski definition) is 1. The number of aromatic hydroxyl groups is 1. The molecular weight excluding hydrogens is 251 g/mol. The van der Waals surface area contributed by atoms with Crippen molar-refractivity contribution in [3.05, 3.63) is 27.5 Å². The molecule has 2 nitrogen and oxygen atoms in total. The van der Waals surface area contributed by atoms with E-state index in [1.54, 1.807) is 6.92 Å². The first-order chi connectivity index (χ1) is 6.57. The van der Waals surface area contributed by atoms with Gasteiger partial charge in [-0.25, -0.2) is 4.39 Å². The molecule has 0 atom stereocenters. The summed E-state index contributed by atoms with van der Waals surface area (Å²) in [5.74, 6) is -1.02. The van der Waals surface area contributed by atoms with Crippen molar-refractivity contribution < 1.29 is 14.3 Å². The average molecular weight is 261 g/mol. The maximum absolute atomic E-state index is 13.1. The van der Waals surface area contributed by atoms with Gasteiger partial charge in [0.25, 0.3) is 0 Å². The number of phenols is 1. The van der Waals surface area contributed by atoms with E-state index in [-0.39, 0.29) is 12.2 Å². The lowest BCUT2D eigenvalue weighted by Crippen LogP contribution is -1.95. The first-order valence-electron chi connectivity index (χ1n) is 4.18. The molecule has 1 rings (SSSR count). The van der Waals surface area contributed by atoms with Gasteiger partial charge in [0.1, 0.15) is 6.29 Å². The van der Waals surface area contributed by atoms with E-state index in [1.807, 2.05) is 0 Å². The molecule has 76 valence electrons.